The first-order valence-corrected chi connectivity index (χ1v) is 8.93. The second-order valence-electron chi connectivity index (χ2n) is 6.78. The Kier molecular flexibility index (Phi) is 3.16. The Labute approximate surface area is 142 Å². The average Bonchev–Trinajstić information content (AvgIpc) is 2.68. The van der Waals surface area contributed by atoms with Crippen LogP contribution in [0.2, 0.25) is 0 Å². The highest BCUT2D eigenvalue weighted by Gasteiger charge is 2.15. The summed E-state index contributed by atoms with van der Waals surface area (Å²) in [7, 11) is 0. The molecule has 0 bridgehead atoms. The average molecular weight is 308 g/mol. The minimum absolute atomic E-state index is 1.14. The van der Waals surface area contributed by atoms with E-state index in [0.717, 1.165) is 19.3 Å². The summed E-state index contributed by atoms with van der Waals surface area (Å²) < 4.78 is 0. The summed E-state index contributed by atoms with van der Waals surface area (Å²) >= 11 is 0. The topological polar surface area (TPSA) is 0 Å². The van der Waals surface area contributed by atoms with Gasteiger partial charge in [-0.1, -0.05) is 66.8 Å². The van der Waals surface area contributed by atoms with Crippen molar-refractivity contribution in [3.63, 3.8) is 0 Å². The van der Waals surface area contributed by atoms with Crippen LogP contribution in [0, 0.1) is 0 Å². The van der Waals surface area contributed by atoms with E-state index in [2.05, 4.69) is 72.8 Å². The molecule has 24 heavy (non-hydrogen) atoms. The fourth-order valence-corrected chi connectivity index (χ4v) is 4.18. The van der Waals surface area contributed by atoms with Gasteiger partial charge in [0.2, 0.25) is 0 Å². The van der Waals surface area contributed by atoms with Crippen LogP contribution in [0.15, 0.2) is 66.8 Å². The Balaban J connectivity index is 1.86. The van der Waals surface area contributed by atoms with Gasteiger partial charge in [0.15, 0.2) is 0 Å². The Morgan fingerprint density at radius 2 is 1.50 bits per heavy atom. The van der Waals surface area contributed by atoms with E-state index in [0.29, 0.717) is 0 Å². The van der Waals surface area contributed by atoms with Crippen molar-refractivity contribution < 1.29 is 0 Å². The molecule has 0 radical (unpaired) electrons. The number of benzene rings is 3. The quantitative estimate of drug-likeness (QED) is 0.439. The summed E-state index contributed by atoms with van der Waals surface area (Å²) in [6.45, 7) is 0. The van der Waals surface area contributed by atoms with Crippen LogP contribution in [0.25, 0.3) is 33.2 Å². The van der Waals surface area contributed by atoms with Crippen molar-refractivity contribution >= 4 is 33.2 Å². The molecule has 0 aromatic heterocycles. The SMILES string of the molecule is C1=CC(c2ccc3c(c2)c2c(c4ccccc43)C=CCC2)=CCC1. The second-order valence-corrected chi connectivity index (χ2v) is 6.78. The van der Waals surface area contributed by atoms with Crippen LogP contribution in [-0.2, 0) is 6.42 Å². The van der Waals surface area contributed by atoms with Crippen LogP contribution in [0.1, 0.15) is 36.0 Å². The zero-order valence-electron chi connectivity index (χ0n) is 13.8. The lowest BCUT2D eigenvalue weighted by Gasteiger charge is -2.19. The lowest BCUT2D eigenvalue weighted by atomic mass is 9.85. The summed E-state index contributed by atoms with van der Waals surface area (Å²) in [5, 5.41) is 5.59. The van der Waals surface area contributed by atoms with E-state index >= 15 is 0 Å². The summed E-state index contributed by atoms with van der Waals surface area (Å²) in [4.78, 5) is 0. The lowest BCUT2D eigenvalue weighted by Crippen LogP contribution is -1.98. The van der Waals surface area contributed by atoms with Gasteiger partial charge < -0.3 is 0 Å². The summed E-state index contributed by atoms with van der Waals surface area (Å²) in [5.74, 6) is 0. The summed E-state index contributed by atoms with van der Waals surface area (Å²) in [6, 6.07) is 15.9. The van der Waals surface area contributed by atoms with E-state index in [1.807, 2.05) is 0 Å². The van der Waals surface area contributed by atoms with Crippen molar-refractivity contribution in [1.82, 2.24) is 0 Å². The van der Waals surface area contributed by atoms with Gasteiger partial charge in [0.1, 0.15) is 0 Å². The Morgan fingerprint density at radius 3 is 2.38 bits per heavy atom. The van der Waals surface area contributed by atoms with Crippen molar-refractivity contribution in [3.8, 4) is 0 Å². The molecule has 2 aliphatic carbocycles. The molecule has 0 heteroatoms. The normalized spacial score (nSPS) is 16.4. The molecule has 0 aliphatic heterocycles. The molecule has 0 spiro atoms. The highest BCUT2D eigenvalue weighted by atomic mass is 14.2. The Bertz CT molecular complexity index is 1040. The molecule has 0 saturated carbocycles. The van der Waals surface area contributed by atoms with Crippen LogP contribution in [0.3, 0.4) is 0 Å². The highest BCUT2D eigenvalue weighted by molar-refractivity contribution is 6.13. The van der Waals surface area contributed by atoms with Gasteiger partial charge in [0.25, 0.3) is 0 Å². The van der Waals surface area contributed by atoms with Gasteiger partial charge in [0.05, 0.1) is 0 Å². The fourth-order valence-electron chi connectivity index (χ4n) is 4.18. The number of rotatable bonds is 1. The van der Waals surface area contributed by atoms with Gasteiger partial charge in [-0.3, -0.25) is 0 Å². The number of hydrogen-bond donors (Lipinski definition) is 0. The van der Waals surface area contributed by atoms with Gasteiger partial charge in [0, 0.05) is 0 Å². The zero-order valence-corrected chi connectivity index (χ0v) is 13.8. The molecule has 0 nitrogen and oxygen atoms in total. The number of fused-ring (bicyclic) bond motifs is 6. The highest BCUT2D eigenvalue weighted by Crippen LogP contribution is 2.38. The van der Waals surface area contributed by atoms with Crippen LogP contribution in [0.4, 0.5) is 0 Å². The van der Waals surface area contributed by atoms with Gasteiger partial charge in [-0.25, -0.2) is 0 Å². The third-order valence-corrected chi connectivity index (χ3v) is 5.35. The second kappa shape index (κ2) is 5.49. The molecule has 116 valence electrons. The molecule has 0 N–H and O–H groups in total. The molecule has 0 saturated heterocycles. The maximum Gasteiger partial charge on any atom is -0.00992 e. The molecule has 0 heterocycles. The van der Waals surface area contributed by atoms with E-state index in [1.165, 1.54) is 50.2 Å². The van der Waals surface area contributed by atoms with Crippen LogP contribution >= 0.6 is 0 Å². The third-order valence-electron chi connectivity index (χ3n) is 5.35. The lowest BCUT2D eigenvalue weighted by molar-refractivity contribution is 1.00. The predicted molar refractivity (Wildman–Crippen MR) is 105 cm³/mol. The first kappa shape index (κ1) is 13.8. The summed E-state index contributed by atoms with van der Waals surface area (Å²) in [6.07, 6.45) is 16.2. The minimum atomic E-state index is 1.14. The van der Waals surface area contributed by atoms with Gasteiger partial charge in [-0.15, -0.1) is 0 Å². The minimum Gasteiger partial charge on any atom is -0.0836 e. The van der Waals surface area contributed by atoms with Crippen molar-refractivity contribution in [2.45, 2.75) is 25.7 Å². The van der Waals surface area contributed by atoms with Crippen molar-refractivity contribution in [1.29, 1.82) is 0 Å². The summed E-state index contributed by atoms with van der Waals surface area (Å²) in [5.41, 5.74) is 5.67. The van der Waals surface area contributed by atoms with E-state index < -0.39 is 0 Å². The largest absolute Gasteiger partial charge is 0.0836 e. The molecule has 0 amide bonds. The fraction of sp³-hybridized carbons (Fsp3) is 0.167. The van der Waals surface area contributed by atoms with Crippen LogP contribution in [-0.4, -0.2) is 0 Å². The van der Waals surface area contributed by atoms with E-state index in [1.54, 1.807) is 0 Å². The molecular formula is C24H20. The third kappa shape index (κ3) is 2.06. The van der Waals surface area contributed by atoms with Gasteiger partial charge in [-0.2, -0.15) is 0 Å². The molecular weight excluding hydrogens is 288 g/mol. The number of aryl methyl sites for hydroxylation is 1. The zero-order chi connectivity index (χ0) is 15.9. The molecule has 3 aromatic rings. The smallest absolute Gasteiger partial charge is 0.00992 e. The molecule has 2 aliphatic rings. The van der Waals surface area contributed by atoms with E-state index in [9.17, 15) is 0 Å². The number of hydrogen-bond acceptors (Lipinski definition) is 0. The maximum absolute atomic E-state index is 2.42. The molecule has 5 rings (SSSR count). The predicted octanol–water partition coefficient (Wildman–Crippen LogP) is 6.69. The van der Waals surface area contributed by atoms with E-state index in [-0.39, 0.29) is 0 Å². The molecule has 3 aromatic carbocycles. The van der Waals surface area contributed by atoms with E-state index in [4.69, 9.17) is 0 Å². The van der Waals surface area contributed by atoms with Gasteiger partial charge >= 0.3 is 0 Å². The molecule has 0 atom stereocenters. The first-order chi connectivity index (χ1) is 11.9. The maximum atomic E-state index is 2.42. The molecule has 0 fully saturated rings. The Hall–Kier alpha value is -2.60. The van der Waals surface area contributed by atoms with Gasteiger partial charge in [-0.05, 0) is 75.6 Å². The van der Waals surface area contributed by atoms with Crippen molar-refractivity contribution in [2.75, 3.05) is 0 Å². The monoisotopic (exact) mass is 308 g/mol. The standard InChI is InChI=1S/C24H20/c1-2-8-17(9-3-1)18-14-15-23-21-12-5-4-10-19(21)20-11-6-7-13-22(20)24(23)16-18/h2,4-6,8-12,14-16H,1,3,7,13H2. The molecule has 0 unspecified atom stereocenters. The Morgan fingerprint density at radius 1 is 0.667 bits per heavy atom. The first-order valence-electron chi connectivity index (χ1n) is 8.93. The van der Waals surface area contributed by atoms with Crippen LogP contribution in [0.5, 0.6) is 0 Å². The number of allylic oxidation sites excluding steroid dienone is 5. The van der Waals surface area contributed by atoms with Crippen molar-refractivity contribution in [3.05, 3.63) is 83.5 Å². The van der Waals surface area contributed by atoms with Crippen LogP contribution < -0.4 is 0 Å². The van der Waals surface area contributed by atoms with Crippen molar-refractivity contribution in [2.24, 2.45) is 0 Å².